The summed E-state index contributed by atoms with van der Waals surface area (Å²) in [4.78, 5) is 22.2. The third-order valence-electron chi connectivity index (χ3n) is 2.15. The number of ether oxygens (including phenoxy) is 2. The molecule has 0 fully saturated rings. The van der Waals surface area contributed by atoms with Crippen LogP contribution in [0.2, 0.25) is 5.02 Å². The Labute approximate surface area is 103 Å². The van der Waals surface area contributed by atoms with Crippen molar-refractivity contribution >= 4 is 29.0 Å². The fourth-order valence-corrected chi connectivity index (χ4v) is 1.63. The minimum absolute atomic E-state index is 0.135. The van der Waals surface area contributed by atoms with Gasteiger partial charge in [0.25, 0.3) is 0 Å². The minimum Gasteiger partial charge on any atom is -0.454 e. The monoisotopic (exact) mass is 255 g/mol. The van der Waals surface area contributed by atoms with E-state index in [0.29, 0.717) is 22.2 Å². The summed E-state index contributed by atoms with van der Waals surface area (Å²) in [7, 11) is 0. The zero-order valence-electron chi connectivity index (χ0n) is 9.08. The molecule has 5 nitrogen and oxygen atoms in total. The molecule has 0 saturated heterocycles. The van der Waals surface area contributed by atoms with Crippen LogP contribution in [0.1, 0.15) is 13.3 Å². The molecule has 1 heterocycles. The zero-order chi connectivity index (χ0) is 12.4. The summed E-state index contributed by atoms with van der Waals surface area (Å²) < 4.78 is 10.3. The Kier molecular flexibility index (Phi) is 3.19. The van der Waals surface area contributed by atoms with Crippen LogP contribution < -0.4 is 14.8 Å². The number of carbonyl (C=O) groups excluding carboxylic acids is 2. The van der Waals surface area contributed by atoms with Gasteiger partial charge < -0.3 is 14.8 Å². The molecule has 1 aliphatic rings. The molecule has 0 bridgehead atoms. The van der Waals surface area contributed by atoms with Crippen molar-refractivity contribution in [1.82, 2.24) is 0 Å². The molecule has 1 N–H and O–H groups in total. The topological polar surface area (TPSA) is 64.6 Å². The van der Waals surface area contributed by atoms with Crippen molar-refractivity contribution in [2.75, 3.05) is 12.1 Å². The fourth-order valence-electron chi connectivity index (χ4n) is 1.43. The van der Waals surface area contributed by atoms with Crippen LogP contribution in [0, 0.1) is 0 Å². The Morgan fingerprint density at radius 1 is 1.35 bits per heavy atom. The maximum Gasteiger partial charge on any atom is 0.231 e. The number of ketones is 1. The number of amides is 1. The van der Waals surface area contributed by atoms with Gasteiger partial charge in [0, 0.05) is 12.1 Å². The summed E-state index contributed by atoms with van der Waals surface area (Å²) in [6.45, 7) is 1.48. The second kappa shape index (κ2) is 4.63. The van der Waals surface area contributed by atoms with E-state index in [0.717, 1.165) is 0 Å². The third-order valence-corrected chi connectivity index (χ3v) is 2.46. The van der Waals surface area contributed by atoms with Gasteiger partial charge in [0.1, 0.15) is 5.78 Å². The number of benzene rings is 1. The van der Waals surface area contributed by atoms with Crippen molar-refractivity contribution in [3.8, 4) is 11.5 Å². The predicted octanol–water partition coefficient (Wildman–Crippen LogP) is 1.99. The molecular weight excluding hydrogens is 246 g/mol. The van der Waals surface area contributed by atoms with Crippen molar-refractivity contribution in [1.29, 1.82) is 0 Å². The van der Waals surface area contributed by atoms with Gasteiger partial charge in [-0.3, -0.25) is 9.59 Å². The van der Waals surface area contributed by atoms with Crippen LogP contribution in [0.4, 0.5) is 5.69 Å². The van der Waals surface area contributed by atoms with Crippen LogP contribution in [-0.2, 0) is 9.59 Å². The summed E-state index contributed by atoms with van der Waals surface area (Å²) in [5, 5.41) is 2.88. The average molecular weight is 256 g/mol. The number of hydrogen-bond acceptors (Lipinski definition) is 4. The lowest BCUT2D eigenvalue weighted by Crippen LogP contribution is -2.14. The number of anilines is 1. The Bertz CT molecular complexity index is 487. The highest BCUT2D eigenvalue weighted by Gasteiger charge is 2.17. The lowest BCUT2D eigenvalue weighted by molar-refractivity contribution is -0.124. The lowest BCUT2D eigenvalue weighted by atomic mass is 10.2. The van der Waals surface area contributed by atoms with E-state index in [1.54, 1.807) is 12.1 Å². The molecule has 17 heavy (non-hydrogen) atoms. The second-order valence-electron chi connectivity index (χ2n) is 3.61. The number of nitrogens with one attached hydrogen (secondary N) is 1. The van der Waals surface area contributed by atoms with E-state index in [9.17, 15) is 9.59 Å². The molecule has 0 atom stereocenters. The van der Waals surface area contributed by atoms with Crippen molar-refractivity contribution in [2.24, 2.45) is 0 Å². The first-order valence-corrected chi connectivity index (χ1v) is 5.32. The standard InChI is InChI=1S/C11H10ClNO4/c1-6(14)2-11(15)13-8-4-10-9(3-7(8)12)16-5-17-10/h3-4H,2,5H2,1H3,(H,13,15). The van der Waals surface area contributed by atoms with Gasteiger partial charge in [-0.15, -0.1) is 0 Å². The number of carbonyl (C=O) groups is 2. The fraction of sp³-hybridized carbons (Fsp3) is 0.273. The molecule has 1 aromatic rings. The van der Waals surface area contributed by atoms with Gasteiger partial charge >= 0.3 is 0 Å². The van der Waals surface area contributed by atoms with Gasteiger partial charge in [-0.05, 0) is 6.92 Å². The highest BCUT2D eigenvalue weighted by molar-refractivity contribution is 6.34. The normalized spacial score (nSPS) is 12.4. The van der Waals surface area contributed by atoms with Gasteiger partial charge in [0.2, 0.25) is 12.7 Å². The molecule has 90 valence electrons. The molecule has 0 unspecified atom stereocenters. The zero-order valence-corrected chi connectivity index (χ0v) is 9.84. The highest BCUT2D eigenvalue weighted by atomic mass is 35.5. The number of halogens is 1. The molecule has 0 aliphatic carbocycles. The van der Waals surface area contributed by atoms with Crippen molar-refractivity contribution in [2.45, 2.75) is 13.3 Å². The number of fused-ring (bicyclic) bond motifs is 1. The van der Waals surface area contributed by atoms with Gasteiger partial charge in [-0.1, -0.05) is 11.6 Å². The Morgan fingerprint density at radius 2 is 2.00 bits per heavy atom. The third kappa shape index (κ3) is 2.68. The smallest absolute Gasteiger partial charge is 0.231 e. The first-order chi connectivity index (χ1) is 8.06. The molecule has 0 spiro atoms. The van der Waals surface area contributed by atoms with Crippen LogP contribution >= 0.6 is 11.6 Å². The highest BCUT2D eigenvalue weighted by Crippen LogP contribution is 2.39. The van der Waals surface area contributed by atoms with Gasteiger partial charge in [0.15, 0.2) is 11.5 Å². The van der Waals surface area contributed by atoms with Gasteiger partial charge in [-0.2, -0.15) is 0 Å². The summed E-state index contributed by atoms with van der Waals surface area (Å²) >= 11 is 5.95. The van der Waals surface area contributed by atoms with Gasteiger partial charge in [-0.25, -0.2) is 0 Å². The number of Topliss-reactive ketones (excluding diaryl/α,β-unsaturated/α-hetero) is 1. The van der Waals surface area contributed by atoms with E-state index in [1.807, 2.05) is 0 Å². The number of hydrogen-bond donors (Lipinski definition) is 1. The molecule has 1 aliphatic heterocycles. The molecule has 2 rings (SSSR count). The predicted molar refractivity (Wildman–Crippen MR) is 61.5 cm³/mol. The van der Waals surface area contributed by atoms with Crippen LogP contribution in [0.5, 0.6) is 11.5 Å². The van der Waals surface area contributed by atoms with Crippen molar-refractivity contribution < 1.29 is 19.1 Å². The molecule has 0 aromatic heterocycles. The van der Waals surface area contributed by atoms with E-state index >= 15 is 0 Å². The summed E-state index contributed by atoms with van der Waals surface area (Å²) in [5.41, 5.74) is 0.405. The van der Waals surface area contributed by atoms with E-state index in [2.05, 4.69) is 5.32 Å². The Balaban J connectivity index is 2.16. The largest absolute Gasteiger partial charge is 0.454 e. The van der Waals surface area contributed by atoms with E-state index < -0.39 is 5.91 Å². The maximum absolute atomic E-state index is 11.4. The molecule has 6 heteroatoms. The lowest BCUT2D eigenvalue weighted by Gasteiger charge is -2.07. The summed E-state index contributed by atoms with van der Waals surface area (Å²) in [6, 6.07) is 3.13. The van der Waals surface area contributed by atoms with E-state index in [4.69, 9.17) is 21.1 Å². The van der Waals surface area contributed by atoms with Crippen LogP contribution in [0.3, 0.4) is 0 Å². The van der Waals surface area contributed by atoms with Gasteiger partial charge in [0.05, 0.1) is 17.1 Å². The first kappa shape index (κ1) is 11.7. The SMILES string of the molecule is CC(=O)CC(=O)Nc1cc2c(cc1Cl)OCO2. The van der Waals surface area contributed by atoms with Crippen LogP contribution in [0.15, 0.2) is 12.1 Å². The molecule has 0 saturated carbocycles. The van der Waals surface area contributed by atoms with Crippen molar-refractivity contribution in [3.05, 3.63) is 17.2 Å². The van der Waals surface area contributed by atoms with Crippen LogP contribution in [-0.4, -0.2) is 18.5 Å². The van der Waals surface area contributed by atoms with Crippen molar-refractivity contribution in [3.63, 3.8) is 0 Å². The molecular formula is C11H10ClNO4. The Morgan fingerprint density at radius 3 is 2.65 bits per heavy atom. The van der Waals surface area contributed by atoms with E-state index in [1.165, 1.54) is 6.92 Å². The second-order valence-corrected chi connectivity index (χ2v) is 4.02. The number of rotatable bonds is 3. The minimum atomic E-state index is -0.404. The Hall–Kier alpha value is -1.75. The molecule has 1 amide bonds. The molecule has 0 radical (unpaired) electrons. The quantitative estimate of drug-likeness (QED) is 0.839. The first-order valence-electron chi connectivity index (χ1n) is 4.94. The van der Waals surface area contributed by atoms with Crippen LogP contribution in [0.25, 0.3) is 0 Å². The maximum atomic E-state index is 11.4. The summed E-state index contributed by atoms with van der Waals surface area (Å²) in [6.07, 6.45) is -0.176. The van der Waals surface area contributed by atoms with E-state index in [-0.39, 0.29) is 19.0 Å². The average Bonchev–Trinajstić information content (AvgIpc) is 2.63. The molecule has 1 aromatic carbocycles. The summed E-state index contributed by atoms with van der Waals surface area (Å²) in [5.74, 6) is 0.449.